The van der Waals surface area contributed by atoms with E-state index >= 15 is 0 Å². The van der Waals surface area contributed by atoms with Crippen molar-refractivity contribution < 1.29 is 19.4 Å². The molecule has 0 aromatic heterocycles. The molecule has 0 saturated carbocycles. The number of carbonyl (C=O) groups is 1. The van der Waals surface area contributed by atoms with Crippen LogP contribution in [0.1, 0.15) is 31.4 Å². The number of benzene rings is 1. The average Bonchev–Trinajstić information content (AvgIpc) is 2.88. The standard InChI is InChI=1S/C15H19NO4/c1-10-4-6-16(7-5-10)14(15(17)18)11-2-3-12-13(8-11)20-9-19-12/h2-3,8,10,14H,4-7,9H2,1H3,(H,17,18). The molecule has 1 saturated heterocycles. The Morgan fingerprint density at radius 2 is 2.00 bits per heavy atom. The Morgan fingerprint density at radius 3 is 2.70 bits per heavy atom. The first kappa shape index (κ1) is 13.2. The van der Waals surface area contributed by atoms with E-state index in [9.17, 15) is 9.90 Å². The number of nitrogens with zero attached hydrogens (tertiary/aromatic N) is 1. The Kier molecular flexibility index (Phi) is 3.53. The number of piperidine rings is 1. The fourth-order valence-electron chi connectivity index (χ4n) is 2.88. The van der Waals surface area contributed by atoms with Gasteiger partial charge in [-0.2, -0.15) is 0 Å². The van der Waals surface area contributed by atoms with Crippen molar-refractivity contribution in [2.75, 3.05) is 19.9 Å². The maximum absolute atomic E-state index is 11.7. The molecule has 0 spiro atoms. The molecule has 3 rings (SSSR count). The molecular weight excluding hydrogens is 258 g/mol. The lowest BCUT2D eigenvalue weighted by atomic mass is 9.95. The normalized spacial score (nSPS) is 20.9. The minimum atomic E-state index is -0.807. The second-order valence-electron chi connectivity index (χ2n) is 5.57. The Morgan fingerprint density at radius 1 is 1.30 bits per heavy atom. The highest BCUT2D eigenvalue weighted by Crippen LogP contribution is 2.36. The third-order valence-electron chi connectivity index (χ3n) is 4.13. The topological polar surface area (TPSA) is 59.0 Å². The van der Waals surface area contributed by atoms with Gasteiger partial charge in [0.25, 0.3) is 0 Å². The molecule has 1 aromatic rings. The van der Waals surface area contributed by atoms with Gasteiger partial charge in [0.05, 0.1) is 0 Å². The lowest BCUT2D eigenvalue weighted by Crippen LogP contribution is -2.39. The first-order valence-corrected chi connectivity index (χ1v) is 7.01. The van der Waals surface area contributed by atoms with Crippen LogP contribution in [0.5, 0.6) is 11.5 Å². The smallest absolute Gasteiger partial charge is 0.325 e. The first-order valence-electron chi connectivity index (χ1n) is 7.01. The molecule has 0 aliphatic carbocycles. The number of aliphatic carboxylic acids is 1. The molecule has 1 fully saturated rings. The van der Waals surface area contributed by atoms with Crippen molar-refractivity contribution in [3.05, 3.63) is 23.8 Å². The van der Waals surface area contributed by atoms with Gasteiger partial charge in [-0.1, -0.05) is 13.0 Å². The Labute approximate surface area is 118 Å². The number of rotatable bonds is 3. The molecular formula is C15H19NO4. The van der Waals surface area contributed by atoms with Gasteiger partial charge in [-0.05, 0) is 49.5 Å². The zero-order chi connectivity index (χ0) is 14.1. The molecule has 108 valence electrons. The second kappa shape index (κ2) is 5.32. The predicted molar refractivity (Wildman–Crippen MR) is 72.9 cm³/mol. The minimum absolute atomic E-state index is 0.206. The van der Waals surface area contributed by atoms with Crippen LogP contribution in [0.2, 0.25) is 0 Å². The average molecular weight is 277 g/mol. The highest BCUT2D eigenvalue weighted by molar-refractivity contribution is 5.76. The molecule has 2 aliphatic rings. The summed E-state index contributed by atoms with van der Waals surface area (Å²) in [5, 5.41) is 9.58. The SMILES string of the molecule is CC1CCN(C(C(=O)O)c2ccc3c(c2)OCO3)CC1. The maximum atomic E-state index is 11.7. The van der Waals surface area contributed by atoms with Crippen molar-refractivity contribution in [2.24, 2.45) is 5.92 Å². The molecule has 5 heteroatoms. The molecule has 2 aliphatic heterocycles. The van der Waals surface area contributed by atoms with E-state index in [-0.39, 0.29) is 6.79 Å². The molecule has 0 amide bonds. The highest BCUT2D eigenvalue weighted by Gasteiger charge is 2.31. The fraction of sp³-hybridized carbons (Fsp3) is 0.533. The first-order chi connectivity index (χ1) is 9.65. The van der Waals surface area contributed by atoms with Crippen molar-refractivity contribution in [3.8, 4) is 11.5 Å². The third kappa shape index (κ3) is 2.45. The van der Waals surface area contributed by atoms with Gasteiger partial charge in [0.2, 0.25) is 6.79 Å². The summed E-state index contributed by atoms with van der Waals surface area (Å²) >= 11 is 0. The minimum Gasteiger partial charge on any atom is -0.480 e. The molecule has 0 bridgehead atoms. The van der Waals surface area contributed by atoms with Gasteiger partial charge in [0.1, 0.15) is 6.04 Å². The maximum Gasteiger partial charge on any atom is 0.325 e. The summed E-state index contributed by atoms with van der Waals surface area (Å²) in [7, 11) is 0. The van der Waals surface area contributed by atoms with Crippen molar-refractivity contribution in [1.29, 1.82) is 0 Å². The number of carboxylic acid groups (broad SMARTS) is 1. The van der Waals surface area contributed by atoms with Crippen LogP contribution < -0.4 is 9.47 Å². The summed E-state index contributed by atoms with van der Waals surface area (Å²) in [6.07, 6.45) is 2.10. The Bertz CT molecular complexity index is 509. The monoisotopic (exact) mass is 277 g/mol. The van der Waals surface area contributed by atoms with Crippen LogP contribution in [0.15, 0.2) is 18.2 Å². The van der Waals surface area contributed by atoms with Gasteiger partial charge < -0.3 is 14.6 Å². The number of hydrogen-bond acceptors (Lipinski definition) is 4. The van der Waals surface area contributed by atoms with E-state index in [0.29, 0.717) is 17.4 Å². The summed E-state index contributed by atoms with van der Waals surface area (Å²) in [5.41, 5.74) is 0.760. The summed E-state index contributed by atoms with van der Waals surface area (Å²) in [5.74, 6) is 1.19. The van der Waals surface area contributed by atoms with E-state index in [1.165, 1.54) is 0 Å². The van der Waals surface area contributed by atoms with Gasteiger partial charge >= 0.3 is 5.97 Å². The molecule has 5 nitrogen and oxygen atoms in total. The zero-order valence-corrected chi connectivity index (χ0v) is 11.5. The lowest BCUT2D eigenvalue weighted by molar-refractivity contribution is -0.144. The van der Waals surface area contributed by atoms with Gasteiger partial charge in [0.15, 0.2) is 11.5 Å². The zero-order valence-electron chi connectivity index (χ0n) is 11.5. The summed E-state index contributed by atoms with van der Waals surface area (Å²) in [4.78, 5) is 13.7. The molecule has 1 unspecified atom stereocenters. The number of fused-ring (bicyclic) bond motifs is 1. The molecule has 1 N–H and O–H groups in total. The van der Waals surface area contributed by atoms with E-state index in [2.05, 4.69) is 6.92 Å². The van der Waals surface area contributed by atoms with Gasteiger partial charge in [-0.25, -0.2) is 0 Å². The van der Waals surface area contributed by atoms with Crippen LogP contribution in [0.4, 0.5) is 0 Å². The molecule has 0 radical (unpaired) electrons. The molecule has 20 heavy (non-hydrogen) atoms. The van der Waals surface area contributed by atoms with E-state index in [1.54, 1.807) is 12.1 Å². The lowest BCUT2D eigenvalue weighted by Gasteiger charge is -2.34. The Balaban J connectivity index is 1.85. The quantitative estimate of drug-likeness (QED) is 0.918. The van der Waals surface area contributed by atoms with Gasteiger partial charge in [-0.15, -0.1) is 0 Å². The summed E-state index contributed by atoms with van der Waals surface area (Å²) < 4.78 is 10.6. The van der Waals surface area contributed by atoms with Crippen molar-refractivity contribution >= 4 is 5.97 Å². The van der Waals surface area contributed by atoms with E-state index in [1.807, 2.05) is 11.0 Å². The Hall–Kier alpha value is -1.75. The fourth-order valence-corrected chi connectivity index (χ4v) is 2.88. The van der Waals surface area contributed by atoms with Crippen molar-refractivity contribution in [3.63, 3.8) is 0 Å². The molecule has 2 heterocycles. The van der Waals surface area contributed by atoms with Crippen molar-refractivity contribution in [2.45, 2.75) is 25.8 Å². The van der Waals surface area contributed by atoms with Gasteiger partial charge in [-0.3, -0.25) is 9.69 Å². The number of likely N-dealkylation sites (tertiary alicyclic amines) is 1. The van der Waals surface area contributed by atoms with E-state index < -0.39 is 12.0 Å². The van der Waals surface area contributed by atoms with Crippen LogP contribution in [0.25, 0.3) is 0 Å². The third-order valence-corrected chi connectivity index (χ3v) is 4.13. The van der Waals surface area contributed by atoms with Crippen LogP contribution >= 0.6 is 0 Å². The van der Waals surface area contributed by atoms with Crippen LogP contribution in [0.3, 0.4) is 0 Å². The van der Waals surface area contributed by atoms with Crippen LogP contribution in [-0.2, 0) is 4.79 Å². The number of hydrogen-bond donors (Lipinski definition) is 1. The molecule has 1 aromatic carbocycles. The van der Waals surface area contributed by atoms with Gasteiger partial charge in [0, 0.05) is 0 Å². The predicted octanol–water partition coefficient (Wildman–Crippen LogP) is 2.27. The summed E-state index contributed by atoms with van der Waals surface area (Å²) in [6.45, 7) is 4.07. The highest BCUT2D eigenvalue weighted by atomic mass is 16.7. The second-order valence-corrected chi connectivity index (χ2v) is 5.57. The van der Waals surface area contributed by atoms with E-state index in [0.717, 1.165) is 31.5 Å². The van der Waals surface area contributed by atoms with Crippen molar-refractivity contribution in [1.82, 2.24) is 4.90 Å². The molecule has 1 atom stereocenters. The number of ether oxygens (including phenoxy) is 2. The largest absolute Gasteiger partial charge is 0.480 e. The van der Waals surface area contributed by atoms with Crippen LogP contribution in [-0.4, -0.2) is 35.9 Å². The number of carboxylic acids is 1. The summed E-state index contributed by atoms with van der Waals surface area (Å²) in [6, 6.07) is 4.81. The van der Waals surface area contributed by atoms with Crippen LogP contribution in [0, 0.1) is 5.92 Å². The van der Waals surface area contributed by atoms with E-state index in [4.69, 9.17) is 9.47 Å².